The number of nitrogens with one attached hydrogen (secondary N) is 1. The number of aliphatic hydroxyl groups is 11. The van der Waals surface area contributed by atoms with E-state index >= 15 is 0 Å². The highest BCUT2D eigenvalue weighted by atomic mass is 16.8. The number of aliphatic hydroxyl groups excluding tert-OH is 11. The van der Waals surface area contributed by atoms with Crippen LogP contribution in [0.25, 0.3) is 0 Å². The van der Waals surface area contributed by atoms with Crippen molar-refractivity contribution in [1.29, 1.82) is 0 Å². The third kappa shape index (κ3) is 42.6. The van der Waals surface area contributed by atoms with E-state index in [1.807, 2.05) is 6.08 Å². The molecule has 3 aliphatic rings. The third-order valence-corrected chi connectivity index (χ3v) is 20.3. The molecule has 0 spiro atoms. The maximum atomic E-state index is 13.4. The van der Waals surface area contributed by atoms with Crippen LogP contribution in [0, 0.1) is 0 Å². The fourth-order valence-corrected chi connectivity index (χ4v) is 13.7. The molecule has 3 saturated heterocycles. The number of ether oxygens (including phenoxy) is 6. The first-order chi connectivity index (χ1) is 49.3. The summed E-state index contributed by atoms with van der Waals surface area (Å²) in [5.74, 6) is -0.281. The number of unbranched alkanes of at least 4 members (excludes halogenated alkanes) is 41. The number of hydrogen-bond donors (Lipinski definition) is 12. The maximum Gasteiger partial charge on any atom is 0.220 e. The minimum Gasteiger partial charge on any atom is -0.394 e. The lowest BCUT2D eigenvalue weighted by atomic mass is 9.96. The zero-order chi connectivity index (χ0) is 73.2. The van der Waals surface area contributed by atoms with Crippen molar-refractivity contribution in [2.24, 2.45) is 0 Å². The van der Waals surface area contributed by atoms with E-state index in [0.717, 1.165) is 51.4 Å². The third-order valence-electron chi connectivity index (χ3n) is 20.3. The second-order valence-electron chi connectivity index (χ2n) is 29.2. The number of rotatable bonds is 65. The van der Waals surface area contributed by atoms with Gasteiger partial charge in [-0.15, -0.1) is 0 Å². The van der Waals surface area contributed by atoms with Crippen LogP contribution in [0.15, 0.2) is 60.8 Å². The molecule has 590 valence electrons. The number of carbonyl (C=O) groups is 1. The summed E-state index contributed by atoms with van der Waals surface area (Å²) in [4.78, 5) is 13.4. The number of carbonyl (C=O) groups excluding carboxylic acids is 1. The molecule has 17 unspecified atom stereocenters. The van der Waals surface area contributed by atoms with Crippen molar-refractivity contribution >= 4 is 5.91 Å². The van der Waals surface area contributed by atoms with Crippen molar-refractivity contribution in [3.8, 4) is 0 Å². The Bertz CT molecular complexity index is 2060. The van der Waals surface area contributed by atoms with Gasteiger partial charge in [-0.25, -0.2) is 0 Å². The van der Waals surface area contributed by atoms with Crippen LogP contribution in [-0.2, 0) is 33.2 Å². The quantitative estimate of drug-likeness (QED) is 0.0199. The van der Waals surface area contributed by atoms with E-state index < -0.39 is 124 Å². The first-order valence-electron chi connectivity index (χ1n) is 41.0. The van der Waals surface area contributed by atoms with Gasteiger partial charge in [0.1, 0.15) is 73.2 Å². The molecule has 19 nitrogen and oxygen atoms in total. The summed E-state index contributed by atoms with van der Waals surface area (Å²) >= 11 is 0. The van der Waals surface area contributed by atoms with Crippen molar-refractivity contribution < 1.29 is 89.4 Å². The summed E-state index contributed by atoms with van der Waals surface area (Å²) in [6.45, 7) is 1.72. The van der Waals surface area contributed by atoms with Crippen molar-refractivity contribution in [3.05, 3.63) is 60.8 Å². The van der Waals surface area contributed by atoms with E-state index in [2.05, 4.69) is 67.8 Å². The lowest BCUT2D eigenvalue weighted by molar-refractivity contribution is -0.379. The van der Waals surface area contributed by atoms with Crippen LogP contribution < -0.4 is 5.32 Å². The molecule has 17 atom stereocenters. The lowest BCUT2D eigenvalue weighted by Gasteiger charge is -2.48. The Morgan fingerprint density at radius 1 is 0.356 bits per heavy atom. The molecule has 0 aromatic heterocycles. The normalized spacial score (nSPS) is 26.6. The Hall–Kier alpha value is -2.51. The molecule has 101 heavy (non-hydrogen) atoms. The molecular formula is C82H149NO18. The summed E-state index contributed by atoms with van der Waals surface area (Å²) in [6, 6.07) is -0.990. The van der Waals surface area contributed by atoms with Gasteiger partial charge in [0, 0.05) is 6.42 Å². The smallest absolute Gasteiger partial charge is 0.220 e. The monoisotopic (exact) mass is 1440 g/mol. The van der Waals surface area contributed by atoms with Crippen molar-refractivity contribution in [1.82, 2.24) is 5.32 Å². The number of hydrogen-bond acceptors (Lipinski definition) is 18. The average Bonchev–Trinajstić information content (AvgIpc) is 0.782. The van der Waals surface area contributed by atoms with E-state index in [1.165, 1.54) is 238 Å². The fourth-order valence-electron chi connectivity index (χ4n) is 13.7. The molecule has 3 aliphatic heterocycles. The summed E-state index contributed by atoms with van der Waals surface area (Å²) in [5.41, 5.74) is 0. The van der Waals surface area contributed by atoms with Gasteiger partial charge in [0.2, 0.25) is 5.91 Å². The minimum absolute atomic E-state index is 0.238. The predicted octanol–water partition coefficient (Wildman–Crippen LogP) is 13.8. The van der Waals surface area contributed by atoms with Crippen molar-refractivity contribution in [2.75, 3.05) is 26.4 Å². The highest BCUT2D eigenvalue weighted by Crippen LogP contribution is 2.33. The zero-order valence-corrected chi connectivity index (χ0v) is 63.1. The Labute approximate surface area is 611 Å². The molecule has 0 saturated carbocycles. The molecule has 0 aromatic carbocycles. The molecular weight excluding hydrogens is 1290 g/mol. The molecule has 0 bridgehead atoms. The van der Waals surface area contributed by atoms with E-state index in [4.69, 9.17) is 28.4 Å². The number of amides is 1. The molecule has 12 N–H and O–H groups in total. The minimum atomic E-state index is -1.98. The van der Waals surface area contributed by atoms with Crippen LogP contribution in [0.1, 0.15) is 322 Å². The van der Waals surface area contributed by atoms with Gasteiger partial charge < -0.3 is 89.9 Å². The second-order valence-corrected chi connectivity index (χ2v) is 29.2. The van der Waals surface area contributed by atoms with Crippen LogP contribution >= 0.6 is 0 Å². The molecule has 3 fully saturated rings. The molecule has 1 amide bonds. The fraction of sp³-hybridized carbons (Fsp3) is 0.866. The van der Waals surface area contributed by atoms with Gasteiger partial charge in [0.15, 0.2) is 18.9 Å². The maximum absolute atomic E-state index is 13.4. The molecule has 0 aliphatic carbocycles. The van der Waals surface area contributed by atoms with Crippen LogP contribution in [0.4, 0.5) is 0 Å². The van der Waals surface area contributed by atoms with Gasteiger partial charge in [0.25, 0.3) is 0 Å². The van der Waals surface area contributed by atoms with E-state index in [9.17, 15) is 61.0 Å². The molecule has 19 heteroatoms. The van der Waals surface area contributed by atoms with Crippen molar-refractivity contribution in [3.63, 3.8) is 0 Å². The first kappa shape index (κ1) is 92.7. The standard InChI is InChI=1S/C82H149NO18/c1-3-5-7-9-11-13-15-17-19-20-21-22-23-24-25-26-27-28-29-30-31-32-33-34-35-36-37-38-39-40-41-42-43-44-46-48-50-52-54-56-58-60-70(88)83-65(66(87)59-57-55-53-51-49-47-45-18-16-14-12-10-8-6-4-2)64-96-80-76(94)73(91)78(68(62-85)98-80)101-82-77(95)74(92)79(69(63-86)99-82)100-81-75(93)72(90)71(89)67(61-84)97-81/h15,17,20-21,23-24,49,51,57,59,65-69,71-82,84-87,89-95H,3-14,16,18-19,22,25-48,50,52-56,58,60-64H2,1-2H3,(H,83,88)/b17-15-,21-20-,24-23-,51-49+,59-57+. The highest BCUT2D eigenvalue weighted by Gasteiger charge is 2.54. The predicted molar refractivity (Wildman–Crippen MR) is 402 cm³/mol. The molecule has 3 heterocycles. The van der Waals surface area contributed by atoms with Gasteiger partial charge in [-0.1, -0.05) is 306 Å². The zero-order valence-electron chi connectivity index (χ0n) is 63.1. The summed E-state index contributed by atoms with van der Waals surface area (Å²) < 4.78 is 34.4. The highest BCUT2D eigenvalue weighted by molar-refractivity contribution is 5.76. The molecule has 0 aromatic rings. The van der Waals surface area contributed by atoms with E-state index in [-0.39, 0.29) is 18.9 Å². The topological polar surface area (TPSA) is 307 Å². The first-order valence-corrected chi connectivity index (χ1v) is 41.0. The van der Waals surface area contributed by atoms with Gasteiger partial charge >= 0.3 is 0 Å². The summed E-state index contributed by atoms with van der Waals surface area (Å²) in [7, 11) is 0. The van der Waals surface area contributed by atoms with E-state index in [1.54, 1.807) is 6.08 Å². The average molecular weight is 1440 g/mol. The van der Waals surface area contributed by atoms with Crippen LogP contribution in [0.5, 0.6) is 0 Å². The number of allylic oxidation sites excluding steroid dienone is 9. The second kappa shape index (κ2) is 62.5. The summed E-state index contributed by atoms with van der Waals surface area (Å²) in [6.07, 6.45) is 53.9. The SMILES string of the molecule is CCCCCCC/C=C\C/C=C\C/C=C\CCCCCCCCCCCCCCCCCCCCCCCCCCCCC(=O)NC(COC1OC(CO)C(OC2OC(CO)C(OC3OC(CO)C(O)C(O)C3O)C(O)C2O)C(O)C1O)C(O)/C=C/CC/C=C/CCCCCCCCCCC. The Morgan fingerprint density at radius 3 is 1.06 bits per heavy atom. The van der Waals surface area contributed by atoms with Crippen molar-refractivity contribution in [2.45, 2.75) is 426 Å². The van der Waals surface area contributed by atoms with Gasteiger partial charge in [-0.2, -0.15) is 0 Å². The Kier molecular flexibility index (Phi) is 57.4. The molecule has 3 rings (SSSR count). The lowest BCUT2D eigenvalue weighted by Crippen LogP contribution is -2.66. The van der Waals surface area contributed by atoms with Gasteiger partial charge in [-0.3, -0.25) is 4.79 Å². The Balaban J connectivity index is 1.28. The Morgan fingerprint density at radius 2 is 0.663 bits per heavy atom. The summed E-state index contributed by atoms with van der Waals surface area (Å²) in [5, 5.41) is 121. The van der Waals surface area contributed by atoms with Crippen LogP contribution in [-0.4, -0.2) is 193 Å². The van der Waals surface area contributed by atoms with E-state index in [0.29, 0.717) is 12.8 Å². The van der Waals surface area contributed by atoms with Crippen LogP contribution in [0.3, 0.4) is 0 Å². The largest absolute Gasteiger partial charge is 0.394 e. The van der Waals surface area contributed by atoms with Crippen LogP contribution in [0.2, 0.25) is 0 Å². The molecule has 0 radical (unpaired) electrons. The van der Waals surface area contributed by atoms with Gasteiger partial charge in [-0.05, 0) is 70.6 Å². The van der Waals surface area contributed by atoms with Gasteiger partial charge in [0.05, 0.1) is 38.6 Å².